The Kier molecular flexibility index (Phi) is 6.99. The second-order valence-electron chi connectivity index (χ2n) is 10.6. The molecule has 0 aliphatic heterocycles. The second-order valence-corrected chi connectivity index (χ2v) is 12.3. The molecule has 39 heavy (non-hydrogen) atoms. The molecule has 204 valence electrons. The Labute approximate surface area is 228 Å². The summed E-state index contributed by atoms with van der Waals surface area (Å²) in [5.41, 5.74) is 5.19. The van der Waals surface area contributed by atoms with Crippen LogP contribution in [0.15, 0.2) is 53.4 Å². The molecule has 0 saturated carbocycles. The quantitative estimate of drug-likeness (QED) is 0.379. The van der Waals surface area contributed by atoms with E-state index in [-0.39, 0.29) is 10.9 Å². The van der Waals surface area contributed by atoms with Gasteiger partial charge in [-0.3, -0.25) is 0 Å². The van der Waals surface area contributed by atoms with Gasteiger partial charge in [0.25, 0.3) is 10.0 Å². The number of anilines is 1. The Bertz CT molecular complexity index is 1540. The first-order chi connectivity index (χ1) is 18.5. The van der Waals surface area contributed by atoms with Crippen LogP contribution in [0.3, 0.4) is 0 Å². The predicted octanol–water partition coefficient (Wildman–Crippen LogP) is 4.86. The Hall–Kier alpha value is -3.69. The molecular weight excluding hydrogens is 516 g/mol. The number of benzene rings is 3. The number of nitrogens with one attached hydrogen (secondary N) is 2. The van der Waals surface area contributed by atoms with Gasteiger partial charge in [-0.2, -0.15) is 0 Å². The third-order valence-corrected chi connectivity index (χ3v) is 8.84. The van der Waals surface area contributed by atoms with Crippen molar-refractivity contribution in [2.24, 2.45) is 0 Å². The Morgan fingerprint density at radius 2 is 1.46 bits per heavy atom. The third kappa shape index (κ3) is 5.16. The minimum absolute atomic E-state index is 0.132. The first-order valence-electron chi connectivity index (χ1n) is 13.0. The molecule has 0 spiro atoms. The van der Waals surface area contributed by atoms with Crippen LogP contribution >= 0.6 is 0 Å². The predicted molar refractivity (Wildman–Crippen MR) is 148 cm³/mol. The molecule has 0 radical (unpaired) electrons. The molecule has 0 heterocycles. The molecular formula is C30H32N2O6S. The minimum atomic E-state index is -4.29. The normalized spacial score (nSPS) is 14.5. The lowest BCUT2D eigenvalue weighted by Gasteiger charge is -2.21. The number of hydrogen-bond donors (Lipinski definition) is 3. The van der Waals surface area contributed by atoms with Crippen molar-refractivity contribution in [2.45, 2.75) is 62.9 Å². The number of fused-ring (bicyclic) bond motifs is 2. The molecule has 0 fully saturated rings. The van der Waals surface area contributed by atoms with Gasteiger partial charge in [-0.15, -0.1) is 0 Å². The van der Waals surface area contributed by atoms with Gasteiger partial charge in [0, 0.05) is 5.69 Å². The number of carbonyl (C=O) groups is 2. The van der Waals surface area contributed by atoms with Crippen LogP contribution in [0.5, 0.6) is 0 Å². The van der Waals surface area contributed by atoms with E-state index in [0.717, 1.165) is 40.7 Å². The third-order valence-electron chi connectivity index (χ3n) is 7.53. The highest BCUT2D eigenvalue weighted by Crippen LogP contribution is 2.42. The van der Waals surface area contributed by atoms with Gasteiger partial charge in [-0.1, -0.05) is 30.3 Å². The smallest absolute Gasteiger partial charge is 0.338 e. The summed E-state index contributed by atoms with van der Waals surface area (Å²) in [5.74, 6) is -0.370. The number of methoxy groups -OCH3 is 1. The topological polar surface area (TPSA) is 122 Å². The van der Waals surface area contributed by atoms with E-state index in [1.54, 1.807) is 19.9 Å². The molecule has 0 atom stereocenters. The van der Waals surface area contributed by atoms with Crippen LogP contribution in [0.25, 0.3) is 11.1 Å². The van der Waals surface area contributed by atoms with Crippen molar-refractivity contribution < 1.29 is 27.9 Å². The summed E-state index contributed by atoms with van der Waals surface area (Å²) >= 11 is 0. The van der Waals surface area contributed by atoms with Crippen LogP contribution in [0.4, 0.5) is 10.5 Å². The fourth-order valence-electron chi connectivity index (χ4n) is 5.68. The van der Waals surface area contributed by atoms with Gasteiger partial charge in [0.05, 0.1) is 23.2 Å². The van der Waals surface area contributed by atoms with E-state index in [9.17, 15) is 23.1 Å². The standard InChI is InChI=1S/C30H32N2O6S/c1-30(2,35)20-15-19(18-9-5-4-6-10-18)16-21(17-20)39(36,37)32-29(34)31-27-24-13-7-11-22(24)26(28(33)38-3)23-12-8-14-25(23)27/h4-6,9-10,15-17,35H,7-8,11-14H2,1-3H3,(H2,31,32,34). The molecule has 3 aromatic rings. The van der Waals surface area contributed by atoms with E-state index in [1.165, 1.54) is 19.2 Å². The maximum absolute atomic E-state index is 13.4. The molecule has 0 aromatic heterocycles. The SMILES string of the molecule is COC(=O)c1c2c(c(NC(=O)NS(=O)(=O)c3cc(-c4ccccc4)cc(C(C)(C)O)c3)c3c1CCC3)CCC2. The zero-order chi connectivity index (χ0) is 27.9. The number of sulfonamides is 1. The number of amides is 2. The number of urea groups is 1. The fraction of sp³-hybridized carbons (Fsp3) is 0.333. The van der Waals surface area contributed by atoms with Crippen molar-refractivity contribution in [1.29, 1.82) is 0 Å². The van der Waals surface area contributed by atoms with Gasteiger partial charge >= 0.3 is 12.0 Å². The Balaban J connectivity index is 1.49. The van der Waals surface area contributed by atoms with E-state index < -0.39 is 21.7 Å². The summed E-state index contributed by atoms with van der Waals surface area (Å²) in [6, 6.07) is 13.0. The maximum atomic E-state index is 13.4. The zero-order valence-corrected chi connectivity index (χ0v) is 23.1. The van der Waals surface area contributed by atoms with Crippen LogP contribution in [0.1, 0.15) is 64.9 Å². The lowest BCUT2D eigenvalue weighted by Crippen LogP contribution is -2.35. The van der Waals surface area contributed by atoms with Crippen LogP contribution in [0, 0.1) is 0 Å². The molecule has 0 bridgehead atoms. The van der Waals surface area contributed by atoms with Crippen molar-refractivity contribution in [2.75, 3.05) is 12.4 Å². The fourth-order valence-corrected chi connectivity index (χ4v) is 6.66. The Morgan fingerprint density at radius 3 is 2.03 bits per heavy atom. The number of ether oxygens (including phenoxy) is 1. The monoisotopic (exact) mass is 548 g/mol. The minimum Gasteiger partial charge on any atom is -0.465 e. The zero-order valence-electron chi connectivity index (χ0n) is 22.3. The van der Waals surface area contributed by atoms with E-state index >= 15 is 0 Å². The largest absolute Gasteiger partial charge is 0.465 e. The van der Waals surface area contributed by atoms with Crippen LogP contribution in [-0.2, 0) is 46.0 Å². The molecule has 3 aromatic carbocycles. The van der Waals surface area contributed by atoms with Gasteiger partial charge < -0.3 is 15.2 Å². The van der Waals surface area contributed by atoms with Crippen molar-refractivity contribution in [3.8, 4) is 11.1 Å². The van der Waals surface area contributed by atoms with Crippen LogP contribution in [0.2, 0.25) is 0 Å². The maximum Gasteiger partial charge on any atom is 0.338 e. The van der Waals surface area contributed by atoms with E-state index in [4.69, 9.17) is 4.74 Å². The summed E-state index contributed by atoms with van der Waals surface area (Å²) in [4.78, 5) is 25.7. The van der Waals surface area contributed by atoms with Gasteiger partial charge in [0.15, 0.2) is 0 Å². The van der Waals surface area contributed by atoms with Crippen molar-refractivity contribution in [3.63, 3.8) is 0 Å². The van der Waals surface area contributed by atoms with E-state index in [1.807, 2.05) is 30.3 Å². The number of carbonyl (C=O) groups excluding carboxylic acids is 2. The van der Waals surface area contributed by atoms with E-state index in [2.05, 4.69) is 10.0 Å². The number of hydrogen-bond acceptors (Lipinski definition) is 6. The Morgan fingerprint density at radius 1 is 0.872 bits per heavy atom. The average Bonchev–Trinajstić information content (AvgIpc) is 3.58. The van der Waals surface area contributed by atoms with Crippen molar-refractivity contribution in [3.05, 3.63) is 81.9 Å². The molecule has 2 aliphatic carbocycles. The molecule has 8 nitrogen and oxygen atoms in total. The average molecular weight is 549 g/mol. The summed E-state index contributed by atoms with van der Waals surface area (Å²) in [7, 11) is -2.93. The number of rotatable bonds is 6. The summed E-state index contributed by atoms with van der Waals surface area (Å²) in [5, 5.41) is 13.5. The van der Waals surface area contributed by atoms with Crippen LogP contribution < -0.4 is 10.0 Å². The highest BCUT2D eigenvalue weighted by Gasteiger charge is 2.33. The lowest BCUT2D eigenvalue weighted by molar-refractivity contribution is 0.0598. The molecule has 0 unspecified atom stereocenters. The van der Waals surface area contributed by atoms with Crippen LogP contribution in [-0.4, -0.2) is 32.6 Å². The summed E-state index contributed by atoms with van der Waals surface area (Å²) in [6.07, 6.45) is 4.44. The van der Waals surface area contributed by atoms with Gasteiger partial charge in [-0.25, -0.2) is 22.7 Å². The number of esters is 1. The molecule has 0 saturated heterocycles. The lowest BCUT2D eigenvalue weighted by atomic mass is 9.92. The summed E-state index contributed by atoms with van der Waals surface area (Å²) < 4.78 is 34.1. The number of aliphatic hydroxyl groups is 1. The van der Waals surface area contributed by atoms with Gasteiger partial charge in [0.1, 0.15) is 0 Å². The van der Waals surface area contributed by atoms with Crippen molar-refractivity contribution >= 4 is 27.7 Å². The van der Waals surface area contributed by atoms with Gasteiger partial charge in [0.2, 0.25) is 0 Å². The molecule has 9 heteroatoms. The molecule has 2 amide bonds. The first-order valence-corrected chi connectivity index (χ1v) is 14.5. The highest BCUT2D eigenvalue weighted by molar-refractivity contribution is 7.90. The molecule has 2 aliphatic rings. The first kappa shape index (κ1) is 26.9. The summed E-state index contributed by atoms with van der Waals surface area (Å²) in [6.45, 7) is 3.15. The van der Waals surface area contributed by atoms with E-state index in [0.29, 0.717) is 48.1 Å². The second kappa shape index (κ2) is 10.1. The van der Waals surface area contributed by atoms with Crippen molar-refractivity contribution in [1.82, 2.24) is 4.72 Å². The van der Waals surface area contributed by atoms with Gasteiger partial charge in [-0.05, 0) is 110 Å². The highest BCUT2D eigenvalue weighted by atomic mass is 32.2. The molecule has 3 N–H and O–H groups in total. The molecule has 5 rings (SSSR count).